The molecule has 1 aromatic carbocycles. The number of benzene rings is 1. The molecule has 0 radical (unpaired) electrons. The molecule has 3 nitrogen and oxygen atoms in total. The quantitative estimate of drug-likeness (QED) is 0.855. The molecule has 2 rings (SSSR count). The van der Waals surface area contributed by atoms with Crippen LogP contribution in [0.15, 0.2) is 46.2 Å². The van der Waals surface area contributed by atoms with E-state index < -0.39 is 0 Å². The summed E-state index contributed by atoms with van der Waals surface area (Å²) in [6, 6.07) is 9.91. The normalized spacial score (nSPS) is 10.3. The van der Waals surface area contributed by atoms with Crippen LogP contribution in [0.1, 0.15) is 5.56 Å². The molecule has 0 amide bonds. The number of rotatable bonds is 3. The Labute approximate surface area is 102 Å². The molecule has 0 unspecified atom stereocenters. The highest BCUT2D eigenvalue weighted by molar-refractivity contribution is 7.98. The standard InChI is InChI=1S/C11H9ClN2OS/c12-9-6-13-14-11(15)10(9)16-7-8-4-2-1-3-5-8/h1-6H,7H2,(H,14,15). The fourth-order valence-corrected chi connectivity index (χ4v) is 2.40. The lowest BCUT2D eigenvalue weighted by Gasteiger charge is -2.02. The van der Waals surface area contributed by atoms with Crippen molar-refractivity contribution in [1.82, 2.24) is 10.2 Å². The molecule has 1 aromatic heterocycles. The molecule has 0 aliphatic rings. The summed E-state index contributed by atoms with van der Waals surface area (Å²) in [6.07, 6.45) is 1.44. The summed E-state index contributed by atoms with van der Waals surface area (Å²) < 4.78 is 0. The SMILES string of the molecule is O=c1[nH]ncc(Cl)c1SCc1ccccc1. The summed E-state index contributed by atoms with van der Waals surface area (Å²) in [7, 11) is 0. The summed E-state index contributed by atoms with van der Waals surface area (Å²) in [4.78, 5) is 12.0. The number of H-pyrrole nitrogens is 1. The maximum Gasteiger partial charge on any atom is 0.279 e. The van der Waals surface area contributed by atoms with E-state index >= 15 is 0 Å². The third-order valence-electron chi connectivity index (χ3n) is 1.99. The molecule has 2 aromatic rings. The van der Waals surface area contributed by atoms with Gasteiger partial charge in [0.2, 0.25) is 0 Å². The predicted molar refractivity (Wildman–Crippen MR) is 65.9 cm³/mol. The highest BCUT2D eigenvalue weighted by Crippen LogP contribution is 2.25. The minimum atomic E-state index is -0.242. The molecule has 0 saturated carbocycles. The highest BCUT2D eigenvalue weighted by atomic mass is 35.5. The van der Waals surface area contributed by atoms with Crippen LogP contribution in [-0.4, -0.2) is 10.2 Å². The van der Waals surface area contributed by atoms with Gasteiger partial charge in [-0.3, -0.25) is 4.79 Å². The molecule has 5 heteroatoms. The summed E-state index contributed by atoms with van der Waals surface area (Å²) in [5, 5.41) is 6.38. The van der Waals surface area contributed by atoms with Crippen molar-refractivity contribution in [2.45, 2.75) is 10.6 Å². The van der Waals surface area contributed by atoms with Gasteiger partial charge in [0.15, 0.2) is 0 Å². The Balaban J connectivity index is 2.14. The lowest BCUT2D eigenvalue weighted by Crippen LogP contribution is -2.10. The van der Waals surface area contributed by atoms with E-state index in [1.165, 1.54) is 18.0 Å². The van der Waals surface area contributed by atoms with Gasteiger partial charge in [-0.15, -0.1) is 11.8 Å². The average Bonchev–Trinajstić information content (AvgIpc) is 2.30. The van der Waals surface area contributed by atoms with Crippen molar-refractivity contribution in [3.63, 3.8) is 0 Å². The number of nitrogens with zero attached hydrogens (tertiary/aromatic N) is 1. The smallest absolute Gasteiger partial charge is 0.267 e. The Hall–Kier alpha value is -1.26. The van der Waals surface area contributed by atoms with E-state index in [9.17, 15) is 4.79 Å². The second-order valence-electron chi connectivity index (χ2n) is 3.15. The molecule has 0 atom stereocenters. The number of aromatic nitrogens is 2. The van der Waals surface area contributed by atoms with Crippen molar-refractivity contribution in [1.29, 1.82) is 0 Å². The first-order chi connectivity index (χ1) is 7.77. The maximum absolute atomic E-state index is 11.4. The lowest BCUT2D eigenvalue weighted by atomic mass is 10.2. The van der Waals surface area contributed by atoms with Crippen molar-refractivity contribution in [2.75, 3.05) is 0 Å². The van der Waals surface area contributed by atoms with Gasteiger partial charge in [0, 0.05) is 5.75 Å². The molecule has 0 aliphatic carbocycles. The van der Waals surface area contributed by atoms with Crippen molar-refractivity contribution in [3.05, 3.63) is 57.5 Å². The van der Waals surface area contributed by atoms with E-state index in [0.29, 0.717) is 15.7 Å². The van der Waals surface area contributed by atoms with Gasteiger partial charge >= 0.3 is 0 Å². The number of thioether (sulfide) groups is 1. The summed E-state index contributed by atoms with van der Waals surface area (Å²) in [6.45, 7) is 0. The second kappa shape index (κ2) is 5.18. The van der Waals surface area contributed by atoms with Crippen LogP contribution >= 0.6 is 23.4 Å². The van der Waals surface area contributed by atoms with Gasteiger partial charge in [-0.05, 0) is 5.56 Å². The first-order valence-corrected chi connectivity index (χ1v) is 6.03. The Morgan fingerprint density at radius 2 is 2.06 bits per heavy atom. The van der Waals surface area contributed by atoms with Crippen LogP contribution in [0.2, 0.25) is 5.02 Å². The van der Waals surface area contributed by atoms with Crippen LogP contribution in [0, 0.1) is 0 Å². The molecule has 16 heavy (non-hydrogen) atoms. The largest absolute Gasteiger partial charge is 0.279 e. The van der Waals surface area contributed by atoms with Crippen molar-refractivity contribution in [3.8, 4) is 0 Å². The average molecular weight is 253 g/mol. The number of aromatic amines is 1. The predicted octanol–water partition coefficient (Wildman–Crippen LogP) is 2.72. The molecule has 1 heterocycles. The van der Waals surface area contributed by atoms with Crippen LogP contribution < -0.4 is 5.56 Å². The molecule has 82 valence electrons. The first kappa shape index (κ1) is 11.2. The molecule has 0 aliphatic heterocycles. The number of nitrogens with one attached hydrogen (secondary N) is 1. The molecule has 0 fully saturated rings. The third-order valence-corrected chi connectivity index (χ3v) is 3.56. The first-order valence-electron chi connectivity index (χ1n) is 4.67. The van der Waals surface area contributed by atoms with Crippen molar-refractivity contribution in [2.24, 2.45) is 0 Å². The number of hydrogen-bond acceptors (Lipinski definition) is 3. The molecule has 1 N–H and O–H groups in total. The maximum atomic E-state index is 11.4. The van der Waals surface area contributed by atoms with E-state index in [4.69, 9.17) is 11.6 Å². The van der Waals surface area contributed by atoms with Gasteiger partial charge in [-0.2, -0.15) is 5.10 Å². The van der Waals surface area contributed by atoms with Crippen LogP contribution in [0.25, 0.3) is 0 Å². The Kier molecular flexibility index (Phi) is 3.64. The fourth-order valence-electron chi connectivity index (χ4n) is 1.23. The Morgan fingerprint density at radius 3 is 2.75 bits per heavy atom. The number of halogens is 1. The van der Waals surface area contributed by atoms with E-state index in [2.05, 4.69) is 10.2 Å². The van der Waals surface area contributed by atoms with Crippen molar-refractivity contribution < 1.29 is 0 Å². The van der Waals surface area contributed by atoms with Crippen molar-refractivity contribution >= 4 is 23.4 Å². The van der Waals surface area contributed by atoms with E-state index in [-0.39, 0.29) is 5.56 Å². The summed E-state index contributed by atoms with van der Waals surface area (Å²) in [5.74, 6) is 0.716. The van der Waals surface area contributed by atoms with Crippen LogP contribution in [0.5, 0.6) is 0 Å². The molecule has 0 saturated heterocycles. The zero-order chi connectivity index (χ0) is 11.4. The van der Waals surface area contributed by atoms with Crippen LogP contribution in [-0.2, 0) is 5.75 Å². The third kappa shape index (κ3) is 2.65. The van der Waals surface area contributed by atoms with E-state index in [0.717, 1.165) is 5.56 Å². The van der Waals surface area contributed by atoms with E-state index in [1.807, 2.05) is 30.3 Å². The van der Waals surface area contributed by atoms with E-state index in [1.54, 1.807) is 0 Å². The summed E-state index contributed by atoms with van der Waals surface area (Å²) >= 11 is 7.30. The molecular weight excluding hydrogens is 244 g/mol. The lowest BCUT2D eigenvalue weighted by molar-refractivity contribution is 0.946. The van der Waals surface area contributed by atoms with Gasteiger partial charge in [0.25, 0.3) is 5.56 Å². The monoisotopic (exact) mass is 252 g/mol. The highest BCUT2D eigenvalue weighted by Gasteiger charge is 2.06. The summed E-state index contributed by atoms with van der Waals surface area (Å²) in [5.41, 5.74) is 0.910. The van der Waals surface area contributed by atoms with Gasteiger partial charge < -0.3 is 0 Å². The van der Waals surface area contributed by atoms with Gasteiger partial charge in [-0.1, -0.05) is 41.9 Å². The van der Waals surface area contributed by atoms with Gasteiger partial charge in [0.1, 0.15) is 0 Å². The van der Waals surface area contributed by atoms with Gasteiger partial charge in [-0.25, -0.2) is 5.10 Å². The molecule has 0 bridgehead atoms. The van der Waals surface area contributed by atoms with Crippen LogP contribution in [0.3, 0.4) is 0 Å². The zero-order valence-electron chi connectivity index (χ0n) is 8.31. The second-order valence-corrected chi connectivity index (χ2v) is 4.54. The minimum absolute atomic E-state index is 0.242. The topological polar surface area (TPSA) is 45.8 Å². The zero-order valence-corrected chi connectivity index (χ0v) is 9.89. The van der Waals surface area contributed by atoms with Crippen LogP contribution in [0.4, 0.5) is 0 Å². The van der Waals surface area contributed by atoms with Gasteiger partial charge in [0.05, 0.1) is 16.1 Å². The fraction of sp³-hybridized carbons (Fsp3) is 0.0909. The Morgan fingerprint density at radius 1 is 1.31 bits per heavy atom. The molecule has 0 spiro atoms. The molecular formula is C11H9ClN2OS. The minimum Gasteiger partial charge on any atom is -0.267 e. The number of hydrogen-bond donors (Lipinski definition) is 1. The Bertz CT molecular complexity index is 527.